The normalized spacial score (nSPS) is 23.6. The molecule has 0 unspecified atom stereocenters. The van der Waals surface area contributed by atoms with Crippen LogP contribution < -0.4 is 5.32 Å². The van der Waals surface area contributed by atoms with Gasteiger partial charge in [-0.25, -0.2) is 0 Å². The number of likely N-dealkylation sites (N-methyl/N-ethyl adjacent to an activating group) is 1. The molecule has 0 radical (unpaired) electrons. The summed E-state index contributed by atoms with van der Waals surface area (Å²) >= 11 is 3.57. The number of benzene rings is 1. The minimum absolute atomic E-state index is 0.789. The van der Waals surface area contributed by atoms with Gasteiger partial charge in [0.1, 0.15) is 0 Å². The maximum absolute atomic E-state index is 3.57. The largest absolute Gasteiger partial charge is 0.383 e. The summed E-state index contributed by atoms with van der Waals surface area (Å²) in [5.74, 6) is 0.933. The Morgan fingerprint density at radius 3 is 2.58 bits per heavy atom. The number of nitrogens with zero attached hydrogens (tertiary/aromatic N) is 1. The quantitative estimate of drug-likeness (QED) is 0.865. The van der Waals surface area contributed by atoms with Gasteiger partial charge in [-0.15, -0.1) is 0 Å². The highest BCUT2D eigenvalue weighted by Gasteiger charge is 2.21. The van der Waals surface area contributed by atoms with Crippen molar-refractivity contribution >= 4 is 21.6 Å². The first kappa shape index (κ1) is 14.9. The van der Waals surface area contributed by atoms with Gasteiger partial charge >= 0.3 is 0 Å². The van der Waals surface area contributed by atoms with Crippen molar-refractivity contribution in [1.82, 2.24) is 4.90 Å². The highest BCUT2D eigenvalue weighted by molar-refractivity contribution is 9.10. The average molecular weight is 325 g/mol. The molecule has 2 rings (SSSR count). The molecule has 0 amide bonds. The highest BCUT2D eigenvalue weighted by Crippen LogP contribution is 2.26. The first-order chi connectivity index (χ1) is 9.16. The summed E-state index contributed by atoms with van der Waals surface area (Å²) in [5, 5.41) is 3.50. The van der Waals surface area contributed by atoms with Gasteiger partial charge in [0, 0.05) is 29.3 Å². The van der Waals surface area contributed by atoms with E-state index < -0.39 is 0 Å². The van der Waals surface area contributed by atoms with Crippen LogP contribution in [0.3, 0.4) is 0 Å². The van der Waals surface area contributed by atoms with Crippen molar-refractivity contribution in [2.24, 2.45) is 5.92 Å². The van der Waals surface area contributed by atoms with Crippen molar-refractivity contribution in [3.8, 4) is 0 Å². The van der Waals surface area contributed by atoms with Crippen LogP contribution in [0.1, 0.15) is 32.6 Å². The zero-order valence-electron chi connectivity index (χ0n) is 12.0. The van der Waals surface area contributed by atoms with Crippen LogP contribution in [0.2, 0.25) is 0 Å². The maximum atomic E-state index is 3.57. The Morgan fingerprint density at radius 2 is 1.89 bits per heavy atom. The minimum atomic E-state index is 0.789. The molecule has 0 saturated heterocycles. The molecule has 1 saturated carbocycles. The Hall–Kier alpha value is -0.540. The average Bonchev–Trinajstić information content (AvgIpc) is 2.41. The van der Waals surface area contributed by atoms with Crippen molar-refractivity contribution in [3.05, 3.63) is 28.7 Å². The first-order valence-electron chi connectivity index (χ1n) is 7.35. The lowest BCUT2D eigenvalue weighted by molar-refractivity contribution is 0.175. The SMILES string of the molecule is CC1CCC(N(C)CCNc2ccccc2Br)CC1. The number of anilines is 1. The number of hydrogen-bond donors (Lipinski definition) is 1. The van der Waals surface area contributed by atoms with Gasteiger partial charge in [0.25, 0.3) is 0 Å². The maximum Gasteiger partial charge on any atom is 0.0485 e. The highest BCUT2D eigenvalue weighted by atomic mass is 79.9. The van der Waals surface area contributed by atoms with Crippen LogP contribution in [-0.2, 0) is 0 Å². The second-order valence-corrected chi connectivity index (χ2v) is 6.66. The molecule has 1 aromatic carbocycles. The molecule has 19 heavy (non-hydrogen) atoms. The monoisotopic (exact) mass is 324 g/mol. The van der Waals surface area contributed by atoms with E-state index in [0.29, 0.717) is 0 Å². The number of nitrogens with one attached hydrogen (secondary N) is 1. The summed E-state index contributed by atoms with van der Waals surface area (Å²) in [6.45, 7) is 4.50. The van der Waals surface area contributed by atoms with Crippen molar-refractivity contribution < 1.29 is 0 Å². The second kappa shape index (κ2) is 7.30. The molecule has 1 aromatic rings. The third-order valence-electron chi connectivity index (χ3n) is 4.26. The van der Waals surface area contributed by atoms with Crippen molar-refractivity contribution in [1.29, 1.82) is 0 Å². The number of para-hydroxylation sites is 1. The molecule has 0 spiro atoms. The van der Waals surface area contributed by atoms with Crippen LogP contribution in [0, 0.1) is 5.92 Å². The Kier molecular flexibility index (Phi) is 5.71. The van der Waals surface area contributed by atoms with E-state index in [1.54, 1.807) is 0 Å². The van der Waals surface area contributed by atoms with Crippen LogP contribution in [0.5, 0.6) is 0 Å². The molecule has 1 fully saturated rings. The van der Waals surface area contributed by atoms with Gasteiger partial charge in [-0.3, -0.25) is 0 Å². The molecule has 1 N–H and O–H groups in total. The molecular formula is C16H25BrN2. The fraction of sp³-hybridized carbons (Fsp3) is 0.625. The molecule has 3 heteroatoms. The summed E-state index contributed by atoms with van der Waals surface area (Å²) in [5.41, 5.74) is 1.19. The van der Waals surface area contributed by atoms with Crippen molar-refractivity contribution in [2.45, 2.75) is 38.6 Å². The molecule has 0 bridgehead atoms. The van der Waals surface area contributed by atoms with Crippen molar-refractivity contribution in [3.63, 3.8) is 0 Å². The summed E-state index contributed by atoms with van der Waals surface area (Å²) < 4.78 is 1.14. The van der Waals surface area contributed by atoms with E-state index in [1.165, 1.54) is 31.4 Å². The van der Waals surface area contributed by atoms with Crippen LogP contribution in [0.25, 0.3) is 0 Å². The third-order valence-corrected chi connectivity index (χ3v) is 4.95. The van der Waals surface area contributed by atoms with Crippen LogP contribution in [-0.4, -0.2) is 31.1 Å². The molecule has 0 atom stereocenters. The predicted octanol–water partition coefficient (Wildman–Crippen LogP) is 4.37. The van der Waals surface area contributed by atoms with Gasteiger partial charge in [-0.05, 0) is 66.7 Å². The molecular weight excluding hydrogens is 300 g/mol. The third kappa shape index (κ3) is 4.50. The van der Waals surface area contributed by atoms with Gasteiger partial charge in [-0.2, -0.15) is 0 Å². The van der Waals surface area contributed by atoms with E-state index in [4.69, 9.17) is 0 Å². The first-order valence-corrected chi connectivity index (χ1v) is 8.14. The Balaban J connectivity index is 1.72. The molecule has 106 valence electrons. The molecule has 0 aromatic heterocycles. The number of rotatable bonds is 5. The lowest BCUT2D eigenvalue weighted by Crippen LogP contribution is -2.37. The van der Waals surface area contributed by atoms with E-state index in [2.05, 4.69) is 58.3 Å². The zero-order chi connectivity index (χ0) is 13.7. The lowest BCUT2D eigenvalue weighted by atomic mass is 9.87. The summed E-state index contributed by atoms with van der Waals surface area (Å²) in [4.78, 5) is 2.52. The van der Waals surface area contributed by atoms with Crippen molar-refractivity contribution in [2.75, 3.05) is 25.5 Å². The fourth-order valence-electron chi connectivity index (χ4n) is 2.84. The standard InChI is InChI=1S/C16H25BrN2/c1-13-7-9-14(10-8-13)19(2)12-11-18-16-6-4-3-5-15(16)17/h3-6,13-14,18H,7-12H2,1-2H3. The smallest absolute Gasteiger partial charge is 0.0485 e. The van der Waals surface area contributed by atoms with Gasteiger partial charge in [0.05, 0.1) is 0 Å². The summed E-state index contributed by atoms with van der Waals surface area (Å²) in [6, 6.07) is 9.10. The van der Waals surface area contributed by atoms with Crippen LogP contribution in [0.15, 0.2) is 28.7 Å². The second-order valence-electron chi connectivity index (χ2n) is 5.80. The van der Waals surface area contributed by atoms with E-state index >= 15 is 0 Å². The van der Waals surface area contributed by atoms with Crippen LogP contribution in [0.4, 0.5) is 5.69 Å². The Bertz CT molecular complexity index is 386. The van der Waals surface area contributed by atoms with Gasteiger partial charge < -0.3 is 10.2 Å². The molecule has 1 aliphatic rings. The van der Waals surface area contributed by atoms with E-state index in [1.807, 2.05) is 6.07 Å². The molecule has 0 aliphatic heterocycles. The zero-order valence-corrected chi connectivity index (χ0v) is 13.6. The van der Waals surface area contributed by atoms with Gasteiger partial charge in [-0.1, -0.05) is 19.1 Å². The molecule has 0 heterocycles. The topological polar surface area (TPSA) is 15.3 Å². The predicted molar refractivity (Wildman–Crippen MR) is 86.7 cm³/mol. The van der Waals surface area contributed by atoms with Gasteiger partial charge in [0.15, 0.2) is 0 Å². The Morgan fingerprint density at radius 1 is 1.21 bits per heavy atom. The van der Waals surface area contributed by atoms with E-state index in [0.717, 1.165) is 29.5 Å². The summed E-state index contributed by atoms with van der Waals surface area (Å²) in [6.07, 6.45) is 5.53. The van der Waals surface area contributed by atoms with E-state index in [9.17, 15) is 0 Å². The van der Waals surface area contributed by atoms with E-state index in [-0.39, 0.29) is 0 Å². The minimum Gasteiger partial charge on any atom is -0.383 e. The Labute approximate surface area is 125 Å². The molecule has 1 aliphatic carbocycles. The number of halogens is 1. The van der Waals surface area contributed by atoms with Crippen LogP contribution >= 0.6 is 15.9 Å². The summed E-state index contributed by atoms with van der Waals surface area (Å²) in [7, 11) is 2.27. The fourth-order valence-corrected chi connectivity index (χ4v) is 3.26. The number of hydrogen-bond acceptors (Lipinski definition) is 2. The lowest BCUT2D eigenvalue weighted by Gasteiger charge is -2.33. The molecule has 2 nitrogen and oxygen atoms in total. The van der Waals surface area contributed by atoms with Gasteiger partial charge in [0.2, 0.25) is 0 Å².